The molecule has 0 radical (unpaired) electrons. The summed E-state index contributed by atoms with van der Waals surface area (Å²) in [6.45, 7) is -3.33. The zero-order valence-corrected chi connectivity index (χ0v) is 16.4. The fraction of sp³-hybridized carbons (Fsp3) is 0.263. The highest BCUT2D eigenvalue weighted by atomic mass is 35.5. The Hall–Kier alpha value is -3.11. The number of rotatable bonds is 8. The Morgan fingerprint density at radius 1 is 1.13 bits per heavy atom. The van der Waals surface area contributed by atoms with Crippen molar-refractivity contribution in [2.45, 2.75) is 19.4 Å². The lowest BCUT2D eigenvalue weighted by Crippen LogP contribution is -2.67. The number of alkyl halides is 2. The summed E-state index contributed by atoms with van der Waals surface area (Å²) in [5, 5.41) is 15.3. The van der Waals surface area contributed by atoms with E-state index < -0.39 is 25.0 Å². The number of hydrogen-bond donors (Lipinski definition) is 3. The molecule has 1 saturated heterocycles. The van der Waals surface area contributed by atoms with E-state index in [4.69, 9.17) is 16.7 Å². The van der Waals surface area contributed by atoms with Crippen molar-refractivity contribution in [2.24, 2.45) is 0 Å². The van der Waals surface area contributed by atoms with Crippen LogP contribution in [-0.4, -0.2) is 53.0 Å². The van der Waals surface area contributed by atoms with Crippen molar-refractivity contribution >= 4 is 29.4 Å². The maximum Gasteiger partial charge on any atom is 0.387 e. The van der Waals surface area contributed by atoms with Crippen molar-refractivity contribution in [1.29, 1.82) is 0 Å². The van der Waals surface area contributed by atoms with Crippen molar-refractivity contribution < 1.29 is 28.2 Å². The Labute approximate surface area is 176 Å². The smallest absolute Gasteiger partial charge is 0.387 e. The first kappa shape index (κ1) is 21.6. The molecule has 1 atom stereocenters. The number of benzene rings is 2. The average molecular weight is 441 g/mol. The molecule has 0 saturated carbocycles. The van der Waals surface area contributed by atoms with Gasteiger partial charge in [0.1, 0.15) is 5.75 Å². The molecule has 0 aromatic heterocycles. The molecule has 1 fully saturated rings. The van der Waals surface area contributed by atoms with Gasteiger partial charge in [0, 0.05) is 10.7 Å². The molecule has 11 heteroatoms. The maximum atomic E-state index is 12.9. The number of anilines is 1. The van der Waals surface area contributed by atoms with Gasteiger partial charge in [0.15, 0.2) is 6.29 Å². The summed E-state index contributed by atoms with van der Waals surface area (Å²) in [5.74, 6) is -0.0218. The predicted octanol–water partition coefficient (Wildman–Crippen LogP) is 3.28. The lowest BCUT2D eigenvalue weighted by Gasteiger charge is -2.41. The van der Waals surface area contributed by atoms with Crippen LogP contribution in [0.2, 0.25) is 5.02 Å². The quantitative estimate of drug-likeness (QED) is 0.585. The molecule has 0 bridgehead atoms. The van der Waals surface area contributed by atoms with Gasteiger partial charge in [-0.25, -0.2) is 14.5 Å². The predicted molar refractivity (Wildman–Crippen MR) is 105 cm³/mol. The molecule has 3 rings (SSSR count). The van der Waals surface area contributed by atoms with Crippen LogP contribution in [0.3, 0.4) is 0 Å². The molecule has 1 aliphatic heterocycles. The molecule has 2 aromatic rings. The Morgan fingerprint density at radius 2 is 1.80 bits per heavy atom. The second-order valence-corrected chi connectivity index (χ2v) is 6.75. The van der Waals surface area contributed by atoms with Gasteiger partial charge in [-0.2, -0.15) is 8.78 Å². The minimum Gasteiger partial charge on any atom is -0.435 e. The minimum atomic E-state index is -2.94. The number of carbonyl (C=O) groups is 2. The Bertz CT molecular complexity index is 883. The molecule has 160 valence electrons. The molecule has 1 aliphatic rings. The number of carbonyl (C=O) groups excluding carboxylic acids is 2. The van der Waals surface area contributed by atoms with Crippen LogP contribution >= 0.6 is 11.6 Å². The standard InChI is InChI=1S/C19H19ClF2N4O4/c20-13-3-1-12(2-4-13)11-26-17(24-18(28)25(9-10-27)19(26)29)23-14-5-7-15(8-6-14)30-16(21)22/h1-8,16-17,23,27H,9-11H2,(H,24,28). The normalized spacial score (nSPS) is 16.6. The fourth-order valence-electron chi connectivity index (χ4n) is 2.87. The summed E-state index contributed by atoms with van der Waals surface area (Å²) in [5.41, 5.74) is 1.23. The van der Waals surface area contributed by atoms with E-state index in [9.17, 15) is 18.4 Å². The maximum absolute atomic E-state index is 12.9. The van der Waals surface area contributed by atoms with Gasteiger partial charge in [-0.15, -0.1) is 0 Å². The molecule has 3 N–H and O–H groups in total. The number of aliphatic hydroxyl groups is 1. The van der Waals surface area contributed by atoms with Crippen LogP contribution in [0.1, 0.15) is 5.56 Å². The number of nitrogens with one attached hydrogen (secondary N) is 2. The van der Waals surface area contributed by atoms with Crippen molar-refractivity contribution in [3.8, 4) is 5.75 Å². The van der Waals surface area contributed by atoms with Crippen LogP contribution in [0.15, 0.2) is 48.5 Å². The first-order chi connectivity index (χ1) is 14.4. The molecule has 8 nitrogen and oxygen atoms in total. The van der Waals surface area contributed by atoms with E-state index in [0.717, 1.165) is 10.5 Å². The molecule has 1 unspecified atom stereocenters. The minimum absolute atomic E-state index is 0.0218. The number of halogens is 3. The summed E-state index contributed by atoms with van der Waals surface area (Å²) in [6, 6.07) is 11.2. The van der Waals surface area contributed by atoms with Gasteiger partial charge in [0.2, 0.25) is 0 Å². The van der Waals surface area contributed by atoms with E-state index >= 15 is 0 Å². The topological polar surface area (TPSA) is 94.1 Å². The van der Waals surface area contributed by atoms with Crippen LogP contribution in [0, 0.1) is 0 Å². The number of β-amino-alcohol motifs (C(OH)–C–C–N with tert-alkyl or cyclic N) is 1. The highest BCUT2D eigenvalue weighted by Crippen LogP contribution is 2.21. The van der Waals surface area contributed by atoms with Crippen LogP contribution < -0.4 is 15.4 Å². The number of amides is 4. The monoisotopic (exact) mass is 440 g/mol. The Morgan fingerprint density at radius 3 is 2.40 bits per heavy atom. The van der Waals surface area contributed by atoms with Crippen molar-refractivity contribution in [3.05, 3.63) is 59.1 Å². The summed E-state index contributed by atoms with van der Waals surface area (Å²) < 4.78 is 28.9. The fourth-order valence-corrected chi connectivity index (χ4v) is 3.00. The molecule has 1 heterocycles. The van der Waals surface area contributed by atoms with E-state index in [-0.39, 0.29) is 25.4 Å². The van der Waals surface area contributed by atoms with E-state index in [2.05, 4.69) is 15.4 Å². The Balaban J connectivity index is 1.80. The largest absolute Gasteiger partial charge is 0.435 e. The van der Waals surface area contributed by atoms with Crippen LogP contribution in [0.4, 0.5) is 24.1 Å². The van der Waals surface area contributed by atoms with Crippen molar-refractivity contribution in [1.82, 2.24) is 15.1 Å². The summed E-state index contributed by atoms with van der Waals surface area (Å²) in [6.07, 6.45) is -0.919. The van der Waals surface area contributed by atoms with E-state index in [1.165, 1.54) is 29.2 Å². The van der Waals surface area contributed by atoms with Gasteiger partial charge < -0.3 is 15.2 Å². The second-order valence-electron chi connectivity index (χ2n) is 6.31. The van der Waals surface area contributed by atoms with E-state index in [1.54, 1.807) is 24.3 Å². The lowest BCUT2D eigenvalue weighted by atomic mass is 10.2. The number of imide groups is 1. The number of ether oxygens (including phenoxy) is 1. The van der Waals surface area contributed by atoms with Crippen LogP contribution in [-0.2, 0) is 6.54 Å². The SMILES string of the molecule is O=C1NC(Nc2ccc(OC(F)F)cc2)N(Cc2ccc(Cl)cc2)C(=O)N1CCO. The summed E-state index contributed by atoms with van der Waals surface area (Å²) in [4.78, 5) is 27.5. The molecule has 0 spiro atoms. The van der Waals surface area contributed by atoms with Gasteiger partial charge in [-0.1, -0.05) is 23.7 Å². The van der Waals surface area contributed by atoms with Gasteiger partial charge in [-0.05, 0) is 42.0 Å². The van der Waals surface area contributed by atoms with Gasteiger partial charge >= 0.3 is 18.7 Å². The molecular weight excluding hydrogens is 422 g/mol. The van der Waals surface area contributed by atoms with Gasteiger partial charge in [0.25, 0.3) is 0 Å². The first-order valence-corrected chi connectivity index (χ1v) is 9.30. The molecular formula is C19H19ClF2N4O4. The highest BCUT2D eigenvalue weighted by Gasteiger charge is 2.38. The third-order valence-electron chi connectivity index (χ3n) is 4.27. The molecule has 0 aliphatic carbocycles. The third-order valence-corrected chi connectivity index (χ3v) is 4.52. The Kier molecular flexibility index (Phi) is 6.91. The zero-order chi connectivity index (χ0) is 21.7. The molecule has 30 heavy (non-hydrogen) atoms. The summed E-state index contributed by atoms with van der Waals surface area (Å²) >= 11 is 5.90. The van der Waals surface area contributed by atoms with Crippen LogP contribution in [0.5, 0.6) is 5.75 Å². The number of aliphatic hydroxyl groups excluding tert-OH is 1. The first-order valence-electron chi connectivity index (χ1n) is 8.92. The van der Waals surface area contributed by atoms with Crippen molar-refractivity contribution in [2.75, 3.05) is 18.5 Å². The second kappa shape index (κ2) is 9.59. The van der Waals surface area contributed by atoms with Crippen LogP contribution in [0.25, 0.3) is 0 Å². The third kappa shape index (κ3) is 5.28. The highest BCUT2D eigenvalue weighted by molar-refractivity contribution is 6.30. The lowest BCUT2D eigenvalue weighted by molar-refractivity contribution is -0.0498. The molecule has 4 amide bonds. The van der Waals surface area contributed by atoms with Crippen molar-refractivity contribution in [3.63, 3.8) is 0 Å². The number of hydrogen-bond acceptors (Lipinski definition) is 5. The molecule has 2 aromatic carbocycles. The van der Waals surface area contributed by atoms with E-state index in [0.29, 0.717) is 10.7 Å². The summed E-state index contributed by atoms with van der Waals surface area (Å²) in [7, 11) is 0. The number of urea groups is 2. The average Bonchev–Trinajstić information content (AvgIpc) is 2.70. The number of nitrogens with zero attached hydrogens (tertiary/aromatic N) is 2. The van der Waals surface area contributed by atoms with Gasteiger partial charge in [0.05, 0.1) is 19.7 Å². The van der Waals surface area contributed by atoms with E-state index in [1.807, 2.05) is 0 Å². The zero-order valence-electron chi connectivity index (χ0n) is 15.6. The van der Waals surface area contributed by atoms with Gasteiger partial charge in [-0.3, -0.25) is 10.2 Å².